The molecule has 0 saturated heterocycles. The molecule has 2 rings (SSSR count). The minimum atomic E-state index is -0.366. The average molecular weight is 235 g/mol. The highest BCUT2D eigenvalue weighted by Crippen LogP contribution is 2.24. The average Bonchev–Trinajstić information content (AvgIpc) is 2.27. The van der Waals surface area contributed by atoms with Crippen LogP contribution in [0.3, 0.4) is 0 Å². The predicted octanol–water partition coefficient (Wildman–Crippen LogP) is 1.74. The number of benzene rings is 1. The van der Waals surface area contributed by atoms with E-state index >= 15 is 0 Å². The second-order valence-electron chi connectivity index (χ2n) is 4.67. The van der Waals surface area contributed by atoms with Crippen molar-refractivity contribution >= 4 is 5.69 Å². The van der Waals surface area contributed by atoms with E-state index < -0.39 is 0 Å². The number of non-ortho nitro benzene ring substituents is 1. The normalized spacial score (nSPS) is 25.1. The molecule has 0 spiro atoms. The summed E-state index contributed by atoms with van der Waals surface area (Å²) in [5.41, 5.74) is 6.80. The molecular formula is C12H17N3O2. The van der Waals surface area contributed by atoms with Crippen LogP contribution in [0.5, 0.6) is 0 Å². The van der Waals surface area contributed by atoms with Gasteiger partial charge in [0, 0.05) is 30.3 Å². The Bertz CT molecular complexity index is 416. The summed E-state index contributed by atoms with van der Waals surface area (Å²) in [4.78, 5) is 10.3. The maximum atomic E-state index is 10.7. The Morgan fingerprint density at radius 2 is 2.24 bits per heavy atom. The topological polar surface area (TPSA) is 81.2 Å². The number of hydrogen-bond acceptors (Lipinski definition) is 4. The summed E-state index contributed by atoms with van der Waals surface area (Å²) in [7, 11) is 0. The molecule has 1 aliphatic carbocycles. The lowest BCUT2D eigenvalue weighted by Crippen LogP contribution is -2.49. The largest absolute Gasteiger partial charge is 0.328 e. The Balaban J connectivity index is 2.00. The van der Waals surface area contributed by atoms with Crippen LogP contribution in [0.1, 0.15) is 31.4 Å². The monoisotopic (exact) mass is 235 g/mol. The third-order valence-electron chi connectivity index (χ3n) is 3.24. The maximum absolute atomic E-state index is 10.7. The van der Waals surface area contributed by atoms with Crippen LogP contribution < -0.4 is 11.1 Å². The zero-order valence-corrected chi connectivity index (χ0v) is 9.80. The highest BCUT2D eigenvalue weighted by Gasteiger charge is 2.27. The van der Waals surface area contributed by atoms with Crippen molar-refractivity contribution in [1.82, 2.24) is 5.32 Å². The molecule has 0 aromatic heterocycles. The van der Waals surface area contributed by atoms with Crippen molar-refractivity contribution in [3.05, 3.63) is 39.9 Å². The van der Waals surface area contributed by atoms with Gasteiger partial charge in [-0.25, -0.2) is 0 Å². The molecule has 1 aromatic rings. The summed E-state index contributed by atoms with van der Waals surface area (Å²) in [6.07, 6.45) is 1.97. The van der Waals surface area contributed by atoms with E-state index in [2.05, 4.69) is 5.32 Å². The summed E-state index contributed by atoms with van der Waals surface area (Å²) < 4.78 is 0. The molecule has 0 aliphatic heterocycles. The van der Waals surface area contributed by atoms with Gasteiger partial charge in [-0.1, -0.05) is 12.1 Å². The molecule has 1 fully saturated rings. The number of rotatable bonds is 4. The third kappa shape index (κ3) is 2.81. The minimum Gasteiger partial charge on any atom is -0.328 e. The summed E-state index contributed by atoms with van der Waals surface area (Å²) in [6, 6.07) is 7.63. The number of nitrogens with one attached hydrogen (secondary N) is 1. The van der Waals surface area contributed by atoms with Gasteiger partial charge >= 0.3 is 0 Å². The Morgan fingerprint density at radius 3 is 2.82 bits per heavy atom. The zero-order valence-electron chi connectivity index (χ0n) is 9.80. The molecule has 0 radical (unpaired) electrons. The van der Waals surface area contributed by atoms with E-state index in [0.29, 0.717) is 12.1 Å². The lowest BCUT2D eigenvalue weighted by molar-refractivity contribution is -0.384. The van der Waals surface area contributed by atoms with Gasteiger partial charge < -0.3 is 11.1 Å². The van der Waals surface area contributed by atoms with Crippen LogP contribution in [0.25, 0.3) is 0 Å². The van der Waals surface area contributed by atoms with E-state index in [9.17, 15) is 10.1 Å². The predicted molar refractivity (Wildman–Crippen MR) is 65.6 cm³/mol. The molecule has 1 aliphatic rings. The first-order chi connectivity index (χ1) is 8.06. The van der Waals surface area contributed by atoms with Crippen LogP contribution in [-0.4, -0.2) is 17.0 Å². The fraction of sp³-hybridized carbons (Fsp3) is 0.500. The maximum Gasteiger partial charge on any atom is 0.269 e. The molecule has 17 heavy (non-hydrogen) atoms. The smallest absolute Gasteiger partial charge is 0.269 e. The Kier molecular flexibility index (Phi) is 3.40. The summed E-state index contributed by atoms with van der Waals surface area (Å²) in [5, 5.41) is 14.1. The van der Waals surface area contributed by atoms with Gasteiger partial charge in [0.05, 0.1) is 4.92 Å². The van der Waals surface area contributed by atoms with Crippen molar-refractivity contribution in [1.29, 1.82) is 0 Å². The van der Waals surface area contributed by atoms with Crippen LogP contribution in [0.2, 0.25) is 0 Å². The fourth-order valence-corrected chi connectivity index (χ4v) is 2.16. The lowest BCUT2D eigenvalue weighted by Gasteiger charge is -2.35. The van der Waals surface area contributed by atoms with E-state index in [1.54, 1.807) is 12.1 Å². The van der Waals surface area contributed by atoms with Gasteiger partial charge in [0.1, 0.15) is 0 Å². The number of hydrogen-bond donors (Lipinski definition) is 2. The van der Waals surface area contributed by atoms with Crippen LogP contribution in [0.15, 0.2) is 24.3 Å². The molecule has 5 heteroatoms. The van der Waals surface area contributed by atoms with E-state index in [1.807, 2.05) is 13.0 Å². The molecule has 3 N–H and O–H groups in total. The quantitative estimate of drug-likeness (QED) is 0.615. The van der Waals surface area contributed by atoms with Gasteiger partial charge in [0.25, 0.3) is 5.69 Å². The first-order valence-corrected chi connectivity index (χ1v) is 5.82. The van der Waals surface area contributed by atoms with Crippen LogP contribution in [0.4, 0.5) is 5.69 Å². The van der Waals surface area contributed by atoms with Gasteiger partial charge in [0.2, 0.25) is 0 Å². The fourth-order valence-electron chi connectivity index (χ4n) is 2.16. The van der Waals surface area contributed by atoms with E-state index in [0.717, 1.165) is 18.4 Å². The molecule has 5 nitrogen and oxygen atoms in total. The zero-order chi connectivity index (χ0) is 12.4. The Labute approximate surface area is 100 Å². The molecule has 1 atom stereocenters. The molecular weight excluding hydrogens is 218 g/mol. The molecule has 0 heterocycles. The highest BCUT2D eigenvalue weighted by molar-refractivity contribution is 5.35. The van der Waals surface area contributed by atoms with E-state index in [-0.39, 0.29) is 16.7 Å². The van der Waals surface area contributed by atoms with Crippen LogP contribution in [0, 0.1) is 10.1 Å². The van der Waals surface area contributed by atoms with E-state index in [4.69, 9.17) is 5.73 Å². The van der Waals surface area contributed by atoms with Crippen molar-refractivity contribution in [3.8, 4) is 0 Å². The number of nitrogens with zero attached hydrogens (tertiary/aromatic N) is 1. The number of nitro groups is 1. The lowest BCUT2D eigenvalue weighted by atomic mass is 9.87. The number of nitrogens with two attached hydrogens (primary N) is 1. The van der Waals surface area contributed by atoms with E-state index in [1.165, 1.54) is 6.07 Å². The minimum absolute atomic E-state index is 0.118. The summed E-state index contributed by atoms with van der Waals surface area (Å²) in [6.45, 7) is 2.02. The van der Waals surface area contributed by atoms with Crippen LogP contribution in [-0.2, 0) is 0 Å². The van der Waals surface area contributed by atoms with Gasteiger partial charge in [-0.05, 0) is 25.3 Å². The summed E-state index contributed by atoms with van der Waals surface area (Å²) in [5.74, 6) is 0. The van der Waals surface area contributed by atoms with Gasteiger partial charge in [-0.3, -0.25) is 10.1 Å². The van der Waals surface area contributed by atoms with Gasteiger partial charge in [-0.2, -0.15) is 0 Å². The van der Waals surface area contributed by atoms with Crippen molar-refractivity contribution < 1.29 is 4.92 Å². The van der Waals surface area contributed by atoms with Crippen molar-refractivity contribution in [2.75, 3.05) is 0 Å². The standard InChI is InChI=1S/C12H17N3O2/c1-8(14-11-6-10(13)7-11)9-3-2-4-12(5-9)15(16)17/h2-5,8,10-11,14H,6-7,13H2,1H3. The Morgan fingerprint density at radius 1 is 1.53 bits per heavy atom. The van der Waals surface area contributed by atoms with Crippen molar-refractivity contribution in [2.45, 2.75) is 37.9 Å². The molecule has 1 unspecified atom stereocenters. The van der Waals surface area contributed by atoms with Gasteiger partial charge in [-0.15, -0.1) is 0 Å². The third-order valence-corrected chi connectivity index (χ3v) is 3.24. The molecule has 1 saturated carbocycles. The Hall–Kier alpha value is -1.46. The van der Waals surface area contributed by atoms with Crippen molar-refractivity contribution in [2.24, 2.45) is 5.73 Å². The molecule has 0 amide bonds. The molecule has 92 valence electrons. The van der Waals surface area contributed by atoms with Gasteiger partial charge in [0.15, 0.2) is 0 Å². The highest BCUT2D eigenvalue weighted by atomic mass is 16.6. The first kappa shape index (κ1) is 12.0. The van der Waals surface area contributed by atoms with Crippen molar-refractivity contribution in [3.63, 3.8) is 0 Å². The van der Waals surface area contributed by atoms with Crippen LogP contribution >= 0.6 is 0 Å². The number of nitro benzene ring substituents is 1. The second-order valence-corrected chi connectivity index (χ2v) is 4.67. The SMILES string of the molecule is CC(NC1CC(N)C1)c1cccc([N+](=O)[O-])c1. The second kappa shape index (κ2) is 4.81. The molecule has 1 aromatic carbocycles. The summed E-state index contributed by atoms with van der Waals surface area (Å²) >= 11 is 0. The molecule has 0 bridgehead atoms. The first-order valence-electron chi connectivity index (χ1n) is 5.82.